The van der Waals surface area contributed by atoms with Crippen LogP contribution in [0, 0.1) is 11.6 Å². The highest BCUT2D eigenvalue weighted by molar-refractivity contribution is 7.80. The van der Waals surface area contributed by atoms with E-state index in [9.17, 15) is 28.6 Å². The van der Waals surface area contributed by atoms with Gasteiger partial charge in [-0.2, -0.15) is 0 Å². The van der Waals surface area contributed by atoms with E-state index in [1.165, 1.54) is 27.8 Å². The van der Waals surface area contributed by atoms with Gasteiger partial charge in [0.15, 0.2) is 23.8 Å². The minimum atomic E-state index is -2.03. The Kier molecular flexibility index (Phi) is 8.48. The first-order valence-electron chi connectivity index (χ1n) is 10.4. The van der Waals surface area contributed by atoms with Crippen molar-refractivity contribution in [2.75, 3.05) is 45.3 Å². The Morgan fingerprint density at radius 3 is 2.31 bits per heavy atom. The van der Waals surface area contributed by atoms with Gasteiger partial charge in [-0.1, -0.05) is 5.21 Å². The molecule has 2 heterocycles. The van der Waals surface area contributed by atoms with Gasteiger partial charge in [0.1, 0.15) is 11.4 Å². The molecule has 2 aromatic rings. The van der Waals surface area contributed by atoms with Gasteiger partial charge in [-0.05, 0) is 12.2 Å². The van der Waals surface area contributed by atoms with Crippen LogP contribution in [-0.4, -0.2) is 99.8 Å². The molecule has 1 saturated heterocycles. The monoisotopic (exact) mass is 514 g/mol. The molecule has 0 unspecified atom stereocenters. The number of ether oxygens (including phenoxy) is 2. The van der Waals surface area contributed by atoms with Crippen LogP contribution in [0.5, 0.6) is 0 Å². The zero-order chi connectivity index (χ0) is 25.7. The lowest BCUT2D eigenvalue weighted by atomic mass is 10.1. The van der Waals surface area contributed by atoms with E-state index in [0.717, 1.165) is 19.2 Å². The summed E-state index contributed by atoms with van der Waals surface area (Å²) in [6.07, 6.45) is -2.55. The Morgan fingerprint density at radius 1 is 1.11 bits per heavy atom. The summed E-state index contributed by atoms with van der Waals surface area (Å²) in [7, 11) is 2.42. The van der Waals surface area contributed by atoms with Crippen molar-refractivity contribution in [3.05, 3.63) is 35.7 Å². The Bertz CT molecular complexity index is 1070. The van der Waals surface area contributed by atoms with Crippen molar-refractivity contribution < 1.29 is 38.1 Å². The van der Waals surface area contributed by atoms with Crippen LogP contribution >= 0.6 is 12.2 Å². The summed E-state index contributed by atoms with van der Waals surface area (Å²) >= 11 is 4.87. The van der Waals surface area contributed by atoms with E-state index in [1.54, 1.807) is 0 Å². The molecule has 0 aliphatic carbocycles. The number of thiocarbonyl (C=S) groups is 1. The van der Waals surface area contributed by atoms with Crippen molar-refractivity contribution >= 4 is 35.0 Å². The van der Waals surface area contributed by atoms with Crippen molar-refractivity contribution in [2.45, 2.75) is 18.8 Å². The highest BCUT2D eigenvalue weighted by atomic mass is 32.1. The second-order valence-electron chi connectivity index (χ2n) is 7.48. The van der Waals surface area contributed by atoms with Crippen molar-refractivity contribution in [1.29, 1.82) is 0 Å². The number of anilines is 1. The summed E-state index contributed by atoms with van der Waals surface area (Å²) in [6, 6.07) is 2.22. The molecule has 15 heteroatoms. The topological polar surface area (TPSA) is 142 Å². The number of hydrogen-bond donors (Lipinski definition) is 3. The number of rotatable bonds is 7. The number of methoxy groups -OCH3 is 2. The fourth-order valence-electron chi connectivity index (χ4n) is 3.45. The molecule has 2 atom stereocenters. The number of nitrogens with one attached hydrogen (secondary N) is 1. The van der Waals surface area contributed by atoms with Gasteiger partial charge >= 0.3 is 5.97 Å². The molecule has 0 bridgehead atoms. The lowest BCUT2D eigenvalue weighted by molar-refractivity contribution is -0.164. The Labute approximate surface area is 204 Å². The lowest BCUT2D eigenvalue weighted by Gasteiger charge is -2.37. The molecule has 12 nitrogen and oxygen atoms in total. The van der Waals surface area contributed by atoms with Gasteiger partial charge in [-0.3, -0.25) is 4.79 Å². The molecule has 1 aliphatic heterocycles. The van der Waals surface area contributed by atoms with Crippen molar-refractivity contribution in [3.63, 3.8) is 0 Å². The number of nitrogens with zero attached hydrogens (tertiary/aromatic N) is 5. The van der Waals surface area contributed by atoms with Gasteiger partial charge in [-0.15, -0.1) is 5.10 Å². The minimum absolute atomic E-state index is 0.00713. The summed E-state index contributed by atoms with van der Waals surface area (Å²) in [6.45, 7) is 0.335. The van der Waals surface area contributed by atoms with Crippen molar-refractivity contribution in [2.24, 2.45) is 0 Å². The number of halogens is 2. The minimum Gasteiger partial charge on any atom is -0.474 e. The highest BCUT2D eigenvalue weighted by Crippen LogP contribution is 2.27. The van der Waals surface area contributed by atoms with Crippen LogP contribution < -0.4 is 10.2 Å². The summed E-state index contributed by atoms with van der Waals surface area (Å²) in [5, 5.41) is 30.3. The molecule has 1 fully saturated rings. The zero-order valence-corrected chi connectivity index (χ0v) is 19.7. The second kappa shape index (κ2) is 11.3. The Balaban J connectivity index is 1.66. The summed E-state index contributed by atoms with van der Waals surface area (Å²) in [4.78, 5) is 26.3. The Hall–Kier alpha value is -3.43. The van der Waals surface area contributed by atoms with E-state index < -0.39 is 35.7 Å². The number of hydrogen-bond acceptors (Lipinski definition) is 10. The van der Waals surface area contributed by atoms with E-state index in [1.807, 2.05) is 0 Å². The fraction of sp³-hybridized carbons (Fsp3) is 0.450. The SMILES string of the molecule is COC(=O)[C@H](O)[C@@H](O)C(=O)N1CCN(c2c(F)cc(-n3cc(CNC(=S)OC)nn3)cc2F)CC1. The van der Waals surface area contributed by atoms with Crippen LogP contribution in [-0.2, 0) is 25.6 Å². The predicted molar refractivity (Wildman–Crippen MR) is 121 cm³/mol. The molecule has 1 aromatic carbocycles. The van der Waals surface area contributed by atoms with Gasteiger partial charge in [0, 0.05) is 38.3 Å². The summed E-state index contributed by atoms with van der Waals surface area (Å²) in [5.41, 5.74) is 0.309. The second-order valence-corrected chi connectivity index (χ2v) is 7.85. The van der Waals surface area contributed by atoms with Crippen molar-refractivity contribution in [3.8, 4) is 5.69 Å². The molecule has 1 aromatic heterocycles. The van der Waals surface area contributed by atoms with Gasteiger partial charge in [-0.25, -0.2) is 18.3 Å². The first kappa shape index (κ1) is 26.2. The van der Waals surface area contributed by atoms with E-state index in [-0.39, 0.29) is 49.3 Å². The van der Waals surface area contributed by atoms with Crippen LogP contribution in [0.15, 0.2) is 18.3 Å². The quantitative estimate of drug-likeness (QED) is 0.313. The summed E-state index contributed by atoms with van der Waals surface area (Å²) < 4.78 is 40.2. The maximum Gasteiger partial charge on any atom is 0.338 e. The number of aliphatic hydroxyl groups is 2. The maximum atomic E-state index is 14.9. The van der Waals surface area contributed by atoms with Gasteiger partial charge < -0.3 is 34.8 Å². The molecular weight excluding hydrogens is 490 g/mol. The number of carbonyl (C=O) groups excluding carboxylic acids is 2. The number of piperazine rings is 1. The average molecular weight is 515 g/mol. The van der Waals surface area contributed by atoms with Crippen LogP contribution in [0.1, 0.15) is 5.69 Å². The number of aromatic nitrogens is 3. The van der Waals surface area contributed by atoms with Crippen LogP contribution in [0.2, 0.25) is 0 Å². The molecule has 0 radical (unpaired) electrons. The molecule has 0 spiro atoms. The number of benzene rings is 1. The van der Waals surface area contributed by atoms with Crippen LogP contribution in [0.25, 0.3) is 5.69 Å². The average Bonchev–Trinajstić information content (AvgIpc) is 3.34. The van der Waals surface area contributed by atoms with Crippen LogP contribution in [0.3, 0.4) is 0 Å². The molecule has 3 N–H and O–H groups in total. The van der Waals surface area contributed by atoms with Crippen molar-refractivity contribution in [1.82, 2.24) is 25.2 Å². The first-order chi connectivity index (χ1) is 16.7. The lowest BCUT2D eigenvalue weighted by Crippen LogP contribution is -2.55. The maximum absolute atomic E-state index is 14.9. The van der Waals surface area contributed by atoms with Gasteiger partial charge in [0.2, 0.25) is 0 Å². The number of esters is 1. The smallest absolute Gasteiger partial charge is 0.338 e. The van der Waals surface area contributed by atoms with E-state index in [2.05, 4.69) is 20.4 Å². The number of carbonyl (C=O) groups is 2. The van der Waals surface area contributed by atoms with Gasteiger partial charge in [0.25, 0.3) is 11.1 Å². The molecule has 35 heavy (non-hydrogen) atoms. The number of aliphatic hydroxyl groups excluding tert-OH is 2. The molecule has 190 valence electrons. The van der Waals surface area contributed by atoms with E-state index in [0.29, 0.717) is 5.69 Å². The third-order valence-electron chi connectivity index (χ3n) is 5.31. The number of amides is 1. The zero-order valence-electron chi connectivity index (χ0n) is 18.8. The first-order valence-corrected chi connectivity index (χ1v) is 10.8. The fourth-order valence-corrected chi connectivity index (χ4v) is 3.52. The Morgan fingerprint density at radius 2 is 1.74 bits per heavy atom. The molecule has 3 rings (SSSR count). The third-order valence-corrected chi connectivity index (χ3v) is 5.62. The largest absolute Gasteiger partial charge is 0.474 e. The predicted octanol–water partition coefficient (Wildman–Crippen LogP) is -0.890. The standard InChI is InChI=1S/C20H24F2N6O6S/c1-33-19(32)17(30)16(29)18(31)27-5-3-26(4-6-27)15-13(21)7-12(8-14(15)22)28-10-11(24-25-28)9-23-20(35)34-2/h7-8,10,16-17,29-30H,3-6,9H2,1-2H3,(H,23,35)/t16-,17-/m1/s1. The molecule has 0 saturated carbocycles. The molecule has 1 aliphatic rings. The van der Waals surface area contributed by atoms with Gasteiger partial charge in [0.05, 0.1) is 32.6 Å². The highest BCUT2D eigenvalue weighted by Gasteiger charge is 2.35. The third kappa shape index (κ3) is 5.98. The molecule has 1 amide bonds. The van der Waals surface area contributed by atoms with E-state index >= 15 is 0 Å². The molecular formula is C20H24F2N6O6S. The van der Waals surface area contributed by atoms with Crippen LogP contribution in [0.4, 0.5) is 14.5 Å². The normalized spacial score (nSPS) is 15.4. The summed E-state index contributed by atoms with van der Waals surface area (Å²) in [5.74, 6) is -3.71. The van der Waals surface area contributed by atoms with E-state index in [4.69, 9.17) is 17.0 Å².